The molecular formula is C4H7BrO2Se2. The first kappa shape index (κ1) is 12.6. The molecule has 54 valence electrons. The molecule has 0 bridgehead atoms. The third-order valence-corrected chi connectivity index (χ3v) is 0.848. The fourth-order valence-corrected chi connectivity index (χ4v) is 0. The molecule has 0 fully saturated rings. The molecule has 0 saturated carbocycles. The fourth-order valence-electron chi connectivity index (χ4n) is 0. The number of carboxylic acid groups (broad SMARTS) is 1. The average Bonchev–Trinajstić information content (AvgIpc) is 1.69. The maximum absolute atomic E-state index is 9.97. The Hall–Kier alpha value is 0.989. The normalized spacial score (nSPS) is 9.22. The van der Waals surface area contributed by atoms with Gasteiger partial charge in [0.2, 0.25) is 0 Å². The number of carboxylic acids is 1. The van der Waals surface area contributed by atoms with Gasteiger partial charge in [-0.2, -0.15) is 0 Å². The molecule has 0 aliphatic rings. The standard InChI is InChI=1S/C4H7BrO2.Se2/c1-4(2,5)3(6)7;1-2/h1-2H3,(H,6,7);. The van der Waals surface area contributed by atoms with E-state index in [4.69, 9.17) is 5.11 Å². The Morgan fingerprint density at radius 3 is 1.67 bits per heavy atom. The van der Waals surface area contributed by atoms with Crippen molar-refractivity contribution in [2.45, 2.75) is 18.2 Å². The Morgan fingerprint density at radius 2 is 1.67 bits per heavy atom. The van der Waals surface area contributed by atoms with E-state index in [1.807, 2.05) is 0 Å². The van der Waals surface area contributed by atoms with Gasteiger partial charge in [0.05, 0.1) is 0 Å². The zero-order valence-corrected chi connectivity index (χ0v) is 10.1. The first-order chi connectivity index (χ1) is 3.94. The Labute approximate surface area is 77.0 Å². The van der Waals surface area contributed by atoms with Crippen molar-refractivity contribution in [1.29, 1.82) is 0 Å². The van der Waals surface area contributed by atoms with Gasteiger partial charge in [0.15, 0.2) is 0 Å². The van der Waals surface area contributed by atoms with Crippen LogP contribution in [0.25, 0.3) is 0 Å². The molecule has 5 heteroatoms. The molecule has 9 heavy (non-hydrogen) atoms. The summed E-state index contributed by atoms with van der Waals surface area (Å²) in [5, 5.41) is 8.20. The van der Waals surface area contributed by atoms with Gasteiger partial charge in [-0.05, 0) is 13.8 Å². The number of carbonyl (C=O) groups is 1. The molecule has 0 aliphatic carbocycles. The molecule has 0 aromatic rings. The zero-order chi connectivity index (χ0) is 8.08. The van der Waals surface area contributed by atoms with Crippen molar-refractivity contribution in [1.82, 2.24) is 0 Å². The molecule has 0 heterocycles. The minimum absolute atomic E-state index is 0.771. The molecule has 0 rings (SSSR count). The summed E-state index contributed by atoms with van der Waals surface area (Å²) >= 11 is 7.94. The van der Waals surface area contributed by atoms with Gasteiger partial charge in [0.1, 0.15) is 4.32 Å². The molecule has 0 spiro atoms. The van der Waals surface area contributed by atoms with Crippen molar-refractivity contribution in [2.75, 3.05) is 0 Å². The van der Waals surface area contributed by atoms with Crippen molar-refractivity contribution in [3.05, 3.63) is 0 Å². The van der Waals surface area contributed by atoms with Gasteiger partial charge >= 0.3 is 33.3 Å². The molecule has 0 amide bonds. The molecule has 2 nitrogen and oxygen atoms in total. The first-order valence-electron chi connectivity index (χ1n) is 2.03. The minimum atomic E-state index is -0.840. The number of alkyl halides is 1. The Morgan fingerprint density at radius 1 is 1.56 bits per heavy atom. The van der Waals surface area contributed by atoms with Gasteiger partial charge in [-0.3, -0.25) is 4.79 Å². The van der Waals surface area contributed by atoms with E-state index in [1.165, 1.54) is 0 Å². The van der Waals surface area contributed by atoms with Crippen LogP contribution < -0.4 is 0 Å². The van der Waals surface area contributed by atoms with E-state index in [0.29, 0.717) is 0 Å². The Kier molecular flexibility index (Phi) is 8.08. The summed E-state index contributed by atoms with van der Waals surface area (Å²) in [6.45, 7) is 3.16. The van der Waals surface area contributed by atoms with Gasteiger partial charge in [0.25, 0.3) is 0 Å². The predicted molar refractivity (Wildman–Crippen MR) is 42.1 cm³/mol. The number of rotatable bonds is 1. The first-order valence-corrected chi connectivity index (χ1v) is 7.16. The summed E-state index contributed by atoms with van der Waals surface area (Å²) < 4.78 is -0.771. The third-order valence-electron chi connectivity index (χ3n) is 0.509. The van der Waals surface area contributed by atoms with Crippen molar-refractivity contribution in [3.8, 4) is 0 Å². The molecular weight excluding hydrogens is 318 g/mol. The van der Waals surface area contributed by atoms with Crippen molar-refractivity contribution in [3.63, 3.8) is 0 Å². The van der Waals surface area contributed by atoms with Crippen LogP contribution >= 0.6 is 15.9 Å². The molecule has 0 atom stereocenters. The van der Waals surface area contributed by atoms with Crippen LogP contribution in [0.5, 0.6) is 0 Å². The molecule has 0 unspecified atom stereocenters. The second kappa shape index (κ2) is 5.75. The van der Waals surface area contributed by atoms with Gasteiger partial charge in [-0.25, -0.2) is 0 Å². The van der Waals surface area contributed by atoms with E-state index in [0.717, 1.165) is 0 Å². The van der Waals surface area contributed by atoms with E-state index in [2.05, 4.69) is 43.2 Å². The van der Waals surface area contributed by atoms with Gasteiger partial charge < -0.3 is 5.11 Å². The van der Waals surface area contributed by atoms with Crippen LogP contribution in [0.3, 0.4) is 0 Å². The zero-order valence-electron chi connectivity index (χ0n) is 5.05. The Bertz CT molecular complexity index is 99.2. The third kappa shape index (κ3) is 8.99. The van der Waals surface area contributed by atoms with Gasteiger partial charge in [0, 0.05) is 0 Å². The number of hydrogen-bond donors (Lipinski definition) is 1. The van der Waals surface area contributed by atoms with E-state index in [9.17, 15) is 4.79 Å². The SMILES string of the molecule is CC(C)(Br)C(=O)O.[Se]=[Se]. The second-order valence-corrected chi connectivity index (χ2v) is 3.76. The molecule has 0 radical (unpaired) electrons. The van der Waals surface area contributed by atoms with E-state index in [1.54, 1.807) is 13.8 Å². The molecule has 0 aliphatic heterocycles. The average molecular weight is 325 g/mol. The summed E-state index contributed by atoms with van der Waals surface area (Å²) in [7, 11) is 0. The van der Waals surface area contributed by atoms with Crippen LogP contribution in [-0.2, 0) is 4.79 Å². The summed E-state index contributed by atoms with van der Waals surface area (Å²) in [6, 6.07) is 0. The van der Waals surface area contributed by atoms with Crippen LogP contribution in [-0.4, -0.2) is 42.7 Å². The summed E-state index contributed by atoms with van der Waals surface area (Å²) in [6.07, 6.45) is 0. The number of halogens is 1. The number of aliphatic carboxylic acids is 1. The molecule has 1 N–H and O–H groups in total. The van der Waals surface area contributed by atoms with E-state index in [-0.39, 0.29) is 0 Å². The van der Waals surface area contributed by atoms with Crippen LogP contribution in [0.15, 0.2) is 0 Å². The van der Waals surface area contributed by atoms with Crippen molar-refractivity contribution in [2.24, 2.45) is 0 Å². The Balaban J connectivity index is 0. The van der Waals surface area contributed by atoms with Crippen LogP contribution in [0.2, 0.25) is 0 Å². The quantitative estimate of drug-likeness (QED) is 0.563. The van der Waals surface area contributed by atoms with E-state index < -0.39 is 10.3 Å². The van der Waals surface area contributed by atoms with Crippen LogP contribution in [0, 0.1) is 0 Å². The van der Waals surface area contributed by atoms with Crippen LogP contribution in [0.1, 0.15) is 13.8 Å². The summed E-state index contributed by atoms with van der Waals surface area (Å²) in [5.74, 6) is -0.840. The molecule has 0 saturated heterocycles. The van der Waals surface area contributed by atoms with Crippen molar-refractivity contribution >= 4 is 49.2 Å². The second-order valence-electron chi connectivity index (χ2n) is 1.78. The van der Waals surface area contributed by atoms with Gasteiger partial charge in [-0.1, -0.05) is 15.9 Å². The molecule has 0 aromatic heterocycles. The fraction of sp³-hybridized carbons (Fsp3) is 0.750. The van der Waals surface area contributed by atoms with Crippen molar-refractivity contribution < 1.29 is 9.90 Å². The maximum atomic E-state index is 9.97. The van der Waals surface area contributed by atoms with Crippen LogP contribution in [0.4, 0.5) is 0 Å². The van der Waals surface area contributed by atoms with E-state index >= 15 is 0 Å². The summed E-state index contributed by atoms with van der Waals surface area (Å²) in [5.41, 5.74) is 0. The monoisotopic (exact) mass is 326 g/mol. The summed E-state index contributed by atoms with van der Waals surface area (Å²) in [4.78, 5) is 9.97. The predicted octanol–water partition coefficient (Wildman–Crippen LogP) is 0.483. The number of hydrogen-bond acceptors (Lipinski definition) is 1. The van der Waals surface area contributed by atoms with Gasteiger partial charge in [-0.15, -0.1) is 0 Å². The topological polar surface area (TPSA) is 37.3 Å². The molecule has 0 aromatic carbocycles.